The van der Waals surface area contributed by atoms with Crippen molar-refractivity contribution < 1.29 is 9.53 Å². The smallest absolute Gasteiger partial charge is 0.339 e. The van der Waals surface area contributed by atoms with E-state index in [1.807, 2.05) is 37.3 Å². The van der Waals surface area contributed by atoms with E-state index in [1.54, 1.807) is 0 Å². The first kappa shape index (κ1) is 15.6. The third kappa shape index (κ3) is 3.85. The third-order valence-electron chi connectivity index (χ3n) is 3.30. The van der Waals surface area contributed by atoms with E-state index < -0.39 is 0 Å². The lowest BCUT2D eigenvalue weighted by atomic mass is 10.1. The summed E-state index contributed by atoms with van der Waals surface area (Å²) >= 11 is 3.47. The summed E-state index contributed by atoms with van der Waals surface area (Å²) in [6, 6.07) is 13.9. The molecule has 4 heteroatoms. The second kappa shape index (κ2) is 6.76. The molecule has 0 bridgehead atoms. The number of methoxy groups -OCH3 is 1. The van der Waals surface area contributed by atoms with Crippen LogP contribution in [-0.4, -0.2) is 13.1 Å². The van der Waals surface area contributed by atoms with Crippen molar-refractivity contribution in [1.29, 1.82) is 0 Å². The Bertz CT molecular complexity index is 655. The van der Waals surface area contributed by atoms with Crippen molar-refractivity contribution in [1.82, 2.24) is 0 Å². The van der Waals surface area contributed by atoms with Gasteiger partial charge in [-0.2, -0.15) is 0 Å². The van der Waals surface area contributed by atoms with Crippen LogP contribution in [0.4, 0.5) is 5.69 Å². The van der Waals surface area contributed by atoms with Crippen LogP contribution in [0.15, 0.2) is 46.9 Å². The molecular formula is C17H18BrNO2. The van der Waals surface area contributed by atoms with E-state index in [2.05, 4.69) is 40.3 Å². The minimum absolute atomic E-state index is 0.0774. The van der Waals surface area contributed by atoms with Crippen LogP contribution in [0.1, 0.15) is 34.5 Å². The molecule has 2 rings (SSSR count). The minimum Gasteiger partial charge on any atom is -0.465 e. The van der Waals surface area contributed by atoms with E-state index in [9.17, 15) is 4.79 Å². The summed E-state index contributed by atoms with van der Waals surface area (Å²) in [5.41, 5.74) is 3.50. The van der Waals surface area contributed by atoms with Gasteiger partial charge >= 0.3 is 5.97 Å². The SMILES string of the molecule is COC(=O)c1cc(C)ccc1NC(C)c1cccc(Br)c1. The number of carbonyl (C=O) groups is 1. The van der Waals surface area contributed by atoms with Crippen molar-refractivity contribution in [3.63, 3.8) is 0 Å². The molecule has 0 fully saturated rings. The van der Waals surface area contributed by atoms with Gasteiger partial charge in [0.25, 0.3) is 0 Å². The topological polar surface area (TPSA) is 38.3 Å². The Morgan fingerprint density at radius 2 is 2.00 bits per heavy atom. The van der Waals surface area contributed by atoms with Crippen molar-refractivity contribution in [2.75, 3.05) is 12.4 Å². The fraction of sp³-hybridized carbons (Fsp3) is 0.235. The van der Waals surface area contributed by atoms with Crippen LogP contribution in [-0.2, 0) is 4.74 Å². The summed E-state index contributed by atoms with van der Waals surface area (Å²) in [7, 11) is 1.40. The van der Waals surface area contributed by atoms with Crippen LogP contribution in [0.2, 0.25) is 0 Å². The Balaban J connectivity index is 2.28. The van der Waals surface area contributed by atoms with E-state index in [-0.39, 0.29) is 12.0 Å². The van der Waals surface area contributed by atoms with Gasteiger partial charge in [-0.25, -0.2) is 4.79 Å². The third-order valence-corrected chi connectivity index (χ3v) is 3.79. The summed E-state index contributed by atoms with van der Waals surface area (Å²) in [5.74, 6) is -0.331. The first-order valence-corrected chi connectivity index (χ1v) is 7.51. The maximum Gasteiger partial charge on any atom is 0.339 e. The number of hydrogen-bond acceptors (Lipinski definition) is 3. The van der Waals surface area contributed by atoms with Gasteiger partial charge in [-0.1, -0.05) is 39.7 Å². The molecule has 1 N–H and O–H groups in total. The van der Waals surface area contributed by atoms with Crippen LogP contribution in [0, 0.1) is 6.92 Å². The minimum atomic E-state index is -0.331. The largest absolute Gasteiger partial charge is 0.465 e. The molecule has 1 atom stereocenters. The Morgan fingerprint density at radius 1 is 1.24 bits per heavy atom. The summed E-state index contributed by atoms with van der Waals surface area (Å²) in [4.78, 5) is 11.9. The van der Waals surface area contributed by atoms with Gasteiger partial charge in [0.1, 0.15) is 0 Å². The predicted molar refractivity (Wildman–Crippen MR) is 88.7 cm³/mol. The van der Waals surface area contributed by atoms with Gasteiger partial charge in [0.05, 0.1) is 12.7 Å². The number of ether oxygens (including phenoxy) is 1. The molecule has 3 nitrogen and oxygen atoms in total. The lowest BCUT2D eigenvalue weighted by Crippen LogP contribution is -2.12. The van der Waals surface area contributed by atoms with Crippen molar-refractivity contribution in [3.8, 4) is 0 Å². The van der Waals surface area contributed by atoms with Crippen LogP contribution < -0.4 is 5.32 Å². The van der Waals surface area contributed by atoms with Crippen molar-refractivity contribution in [3.05, 3.63) is 63.6 Å². The van der Waals surface area contributed by atoms with E-state index in [4.69, 9.17) is 4.74 Å². The molecule has 1 unspecified atom stereocenters. The van der Waals surface area contributed by atoms with Gasteiger partial charge in [0.15, 0.2) is 0 Å². The number of esters is 1. The van der Waals surface area contributed by atoms with Gasteiger partial charge < -0.3 is 10.1 Å². The molecule has 0 aromatic heterocycles. The number of benzene rings is 2. The number of rotatable bonds is 4. The van der Waals surface area contributed by atoms with Crippen LogP contribution >= 0.6 is 15.9 Å². The Hall–Kier alpha value is -1.81. The molecule has 0 saturated heterocycles. The van der Waals surface area contributed by atoms with Gasteiger partial charge in [-0.15, -0.1) is 0 Å². The molecule has 0 saturated carbocycles. The average molecular weight is 348 g/mol. The lowest BCUT2D eigenvalue weighted by molar-refractivity contribution is 0.0601. The number of halogens is 1. The number of anilines is 1. The van der Waals surface area contributed by atoms with Gasteiger partial charge in [-0.05, 0) is 43.7 Å². The molecule has 0 aliphatic rings. The second-order valence-electron chi connectivity index (χ2n) is 4.96. The fourth-order valence-electron chi connectivity index (χ4n) is 2.16. The van der Waals surface area contributed by atoms with Crippen molar-refractivity contribution in [2.24, 2.45) is 0 Å². The molecule has 0 heterocycles. The van der Waals surface area contributed by atoms with Gasteiger partial charge in [0.2, 0.25) is 0 Å². The highest BCUT2D eigenvalue weighted by atomic mass is 79.9. The highest BCUT2D eigenvalue weighted by Gasteiger charge is 2.14. The molecule has 110 valence electrons. The zero-order valence-electron chi connectivity index (χ0n) is 12.3. The summed E-state index contributed by atoms with van der Waals surface area (Å²) in [6.45, 7) is 4.01. The lowest BCUT2D eigenvalue weighted by Gasteiger charge is -2.18. The first-order chi connectivity index (χ1) is 10.0. The van der Waals surface area contributed by atoms with Crippen molar-refractivity contribution >= 4 is 27.6 Å². The number of aryl methyl sites for hydroxylation is 1. The monoisotopic (exact) mass is 347 g/mol. The van der Waals surface area contributed by atoms with Crippen LogP contribution in [0.3, 0.4) is 0 Å². The zero-order chi connectivity index (χ0) is 15.4. The van der Waals surface area contributed by atoms with Crippen LogP contribution in [0.25, 0.3) is 0 Å². The summed E-state index contributed by atoms with van der Waals surface area (Å²) in [6.07, 6.45) is 0. The predicted octanol–water partition coefficient (Wildman–Crippen LogP) is 4.72. The number of nitrogens with one attached hydrogen (secondary N) is 1. The van der Waals surface area contributed by atoms with E-state index in [1.165, 1.54) is 7.11 Å². The molecule has 21 heavy (non-hydrogen) atoms. The second-order valence-corrected chi connectivity index (χ2v) is 5.88. The molecule has 2 aromatic rings. The summed E-state index contributed by atoms with van der Waals surface area (Å²) < 4.78 is 5.88. The maximum absolute atomic E-state index is 11.9. The normalized spacial score (nSPS) is 11.8. The Labute approximate surface area is 133 Å². The molecular weight excluding hydrogens is 330 g/mol. The van der Waals surface area contributed by atoms with E-state index in [0.29, 0.717) is 5.56 Å². The maximum atomic E-state index is 11.9. The molecule has 0 spiro atoms. The molecule has 2 aromatic carbocycles. The fourth-order valence-corrected chi connectivity index (χ4v) is 2.57. The molecule has 0 amide bonds. The average Bonchev–Trinajstić information content (AvgIpc) is 2.48. The van der Waals surface area contributed by atoms with Gasteiger partial charge in [-0.3, -0.25) is 0 Å². The zero-order valence-corrected chi connectivity index (χ0v) is 13.9. The quantitative estimate of drug-likeness (QED) is 0.813. The Kier molecular flexibility index (Phi) is 5.02. The number of hydrogen-bond donors (Lipinski definition) is 1. The van der Waals surface area contributed by atoms with Crippen molar-refractivity contribution in [2.45, 2.75) is 19.9 Å². The van der Waals surface area contributed by atoms with E-state index >= 15 is 0 Å². The first-order valence-electron chi connectivity index (χ1n) is 6.72. The summed E-state index contributed by atoms with van der Waals surface area (Å²) in [5, 5.41) is 3.37. The molecule has 0 aliphatic carbocycles. The van der Waals surface area contributed by atoms with E-state index in [0.717, 1.165) is 21.3 Å². The van der Waals surface area contributed by atoms with Crippen LogP contribution in [0.5, 0.6) is 0 Å². The number of carbonyl (C=O) groups excluding carboxylic acids is 1. The molecule has 0 radical (unpaired) electrons. The Morgan fingerprint density at radius 3 is 2.67 bits per heavy atom. The molecule has 0 aliphatic heterocycles. The highest BCUT2D eigenvalue weighted by molar-refractivity contribution is 9.10. The standard InChI is InChI=1S/C17H18BrNO2/c1-11-7-8-16(15(9-11)17(20)21-3)19-12(2)13-5-4-6-14(18)10-13/h4-10,12,19H,1-3H3. The van der Waals surface area contributed by atoms with Gasteiger partial charge in [0, 0.05) is 16.2 Å². The highest BCUT2D eigenvalue weighted by Crippen LogP contribution is 2.25.